The van der Waals surface area contributed by atoms with Crippen molar-refractivity contribution in [1.29, 1.82) is 0 Å². The minimum absolute atomic E-state index is 0.0432. The van der Waals surface area contributed by atoms with Gasteiger partial charge >= 0.3 is 10.2 Å². The van der Waals surface area contributed by atoms with E-state index >= 15 is 0 Å². The summed E-state index contributed by atoms with van der Waals surface area (Å²) in [5.41, 5.74) is 0.575. The van der Waals surface area contributed by atoms with E-state index < -0.39 is 26.0 Å². The van der Waals surface area contributed by atoms with E-state index in [0.29, 0.717) is 5.69 Å². The average Bonchev–Trinajstić information content (AvgIpc) is 3.01. The highest BCUT2D eigenvalue weighted by Crippen LogP contribution is 3.03. The van der Waals surface area contributed by atoms with Gasteiger partial charge in [-0.1, -0.05) is 61.9 Å². The molecule has 0 fully saturated rings. The van der Waals surface area contributed by atoms with Crippen molar-refractivity contribution in [2.24, 2.45) is 7.05 Å². The molecule has 2 heterocycles. The lowest BCUT2D eigenvalue weighted by Crippen LogP contribution is -2.31. The van der Waals surface area contributed by atoms with Crippen LogP contribution in [-0.4, -0.2) is 4.98 Å². The first-order valence-electron chi connectivity index (χ1n) is 9.28. The molecule has 0 radical (unpaired) electrons. The van der Waals surface area contributed by atoms with E-state index in [2.05, 4.69) is 4.98 Å². The third-order valence-electron chi connectivity index (χ3n) is 5.39. The van der Waals surface area contributed by atoms with Crippen molar-refractivity contribution in [3.8, 4) is 10.6 Å². The van der Waals surface area contributed by atoms with E-state index in [1.54, 1.807) is 11.6 Å². The lowest BCUT2D eigenvalue weighted by Gasteiger charge is -2.40. The molecular weight excluding hydrogens is 451 g/mol. The number of hydrogen-bond donors (Lipinski definition) is 0. The highest BCUT2D eigenvalue weighted by Gasteiger charge is 2.68. The Morgan fingerprint density at radius 2 is 1.52 bits per heavy atom. The normalized spacial score (nSPS) is 14.8. The Kier molecular flexibility index (Phi) is 3.71. The Balaban J connectivity index is 2.03. The molecule has 31 heavy (non-hydrogen) atoms. The van der Waals surface area contributed by atoms with Crippen LogP contribution in [0.3, 0.4) is 0 Å². The molecule has 0 aliphatic carbocycles. The number of benzene rings is 3. The Bertz CT molecular complexity index is 1540. The Morgan fingerprint density at radius 1 is 0.871 bits per heavy atom. The summed E-state index contributed by atoms with van der Waals surface area (Å²) in [5, 5.41) is 0.559. The molecule has 9 heteroatoms. The molecule has 5 aromatic rings. The molecular formula is C22H16F5N2S2+. The van der Waals surface area contributed by atoms with Crippen molar-refractivity contribution in [3.05, 3.63) is 66.5 Å². The highest BCUT2D eigenvalue weighted by atomic mass is 32.5. The molecule has 5 rings (SSSR count). The predicted molar refractivity (Wildman–Crippen MR) is 117 cm³/mol. The van der Waals surface area contributed by atoms with Crippen LogP contribution < -0.4 is 4.57 Å². The maximum Gasteiger partial charge on any atom is 0.315 e. The van der Waals surface area contributed by atoms with Gasteiger partial charge in [0.25, 0.3) is 6.33 Å². The molecule has 0 saturated carbocycles. The lowest BCUT2D eigenvalue weighted by atomic mass is 10.0. The van der Waals surface area contributed by atoms with Gasteiger partial charge in [0, 0.05) is 10.1 Å². The zero-order valence-corrected chi connectivity index (χ0v) is 18.0. The Labute approximate surface area is 178 Å². The second-order valence-electron chi connectivity index (χ2n) is 7.55. The van der Waals surface area contributed by atoms with Crippen LogP contribution >= 0.6 is 21.6 Å². The molecule has 0 N–H and O–H groups in total. The van der Waals surface area contributed by atoms with Crippen LogP contribution in [0.5, 0.6) is 0 Å². The first-order chi connectivity index (χ1) is 14.3. The quantitative estimate of drug-likeness (QED) is 0.146. The number of aryl methyl sites for hydroxylation is 2. The van der Waals surface area contributed by atoms with E-state index in [9.17, 15) is 19.4 Å². The maximum atomic E-state index is 14.2. The molecule has 0 saturated heterocycles. The van der Waals surface area contributed by atoms with Crippen molar-refractivity contribution in [1.82, 2.24) is 4.98 Å². The average molecular weight is 468 g/mol. The van der Waals surface area contributed by atoms with Gasteiger partial charge in [0.15, 0.2) is 10.6 Å². The van der Waals surface area contributed by atoms with Crippen LogP contribution in [0, 0.1) is 6.92 Å². The largest absolute Gasteiger partial charge is 0.315 e. The molecule has 0 aliphatic rings. The lowest BCUT2D eigenvalue weighted by molar-refractivity contribution is -0.662. The predicted octanol–water partition coefficient (Wildman–Crippen LogP) is 8.06. The Morgan fingerprint density at radius 3 is 2.19 bits per heavy atom. The van der Waals surface area contributed by atoms with Crippen LogP contribution in [-0.2, 0) is 7.05 Å². The van der Waals surface area contributed by atoms with Gasteiger partial charge in [-0.15, -0.1) is 11.3 Å². The minimum Gasteiger partial charge on any atom is -0.231 e. The summed E-state index contributed by atoms with van der Waals surface area (Å²) in [6.07, 6.45) is 1.17. The summed E-state index contributed by atoms with van der Waals surface area (Å²) in [6.45, 7) is 1.88. The van der Waals surface area contributed by atoms with E-state index in [0.717, 1.165) is 26.6 Å². The fourth-order valence-corrected chi connectivity index (χ4v) is 6.52. The van der Waals surface area contributed by atoms with Gasteiger partial charge < -0.3 is 0 Å². The number of hydrogen-bond acceptors (Lipinski definition) is 2. The summed E-state index contributed by atoms with van der Waals surface area (Å²) < 4.78 is 73.8. The number of thiophene rings is 1. The molecule has 0 amide bonds. The topological polar surface area (TPSA) is 16.8 Å². The monoisotopic (exact) mass is 467 g/mol. The molecule has 160 valence electrons. The molecule has 0 unspecified atom stereocenters. The van der Waals surface area contributed by atoms with E-state index in [1.807, 2.05) is 31.2 Å². The molecule has 0 spiro atoms. The fraction of sp³-hybridized carbons (Fsp3) is 0.0909. The fourth-order valence-electron chi connectivity index (χ4n) is 4.08. The summed E-state index contributed by atoms with van der Waals surface area (Å²) >= 11 is 1.42. The Hall–Kier alpha value is -2.78. The van der Waals surface area contributed by atoms with Crippen LogP contribution in [0.4, 0.5) is 19.4 Å². The van der Waals surface area contributed by atoms with Crippen molar-refractivity contribution in [3.63, 3.8) is 0 Å². The number of fused-ring (bicyclic) bond motifs is 3. The summed E-state index contributed by atoms with van der Waals surface area (Å²) in [7, 11) is -8.40. The second-order valence-corrected chi connectivity index (χ2v) is 10.9. The van der Waals surface area contributed by atoms with Gasteiger partial charge in [0.2, 0.25) is 5.52 Å². The third kappa shape index (κ3) is 3.14. The first kappa shape index (κ1) is 20.1. The molecule has 2 nitrogen and oxygen atoms in total. The highest BCUT2D eigenvalue weighted by molar-refractivity contribution is 8.46. The number of aromatic nitrogens is 2. The van der Waals surface area contributed by atoms with Gasteiger partial charge in [-0.3, -0.25) is 0 Å². The van der Waals surface area contributed by atoms with Gasteiger partial charge in [0.05, 0.1) is 17.3 Å². The molecule has 2 aromatic heterocycles. The summed E-state index contributed by atoms with van der Waals surface area (Å²) in [6, 6.07) is 14.5. The zero-order valence-electron chi connectivity index (χ0n) is 16.4. The number of nitrogens with zero attached hydrogens (tertiary/aromatic N) is 2. The summed E-state index contributed by atoms with van der Waals surface area (Å²) in [5.74, 6) is 0. The number of rotatable bonds is 2. The van der Waals surface area contributed by atoms with Crippen molar-refractivity contribution >= 4 is 53.3 Å². The van der Waals surface area contributed by atoms with Crippen LogP contribution in [0.25, 0.3) is 42.3 Å². The molecule has 0 atom stereocenters. The number of halogens is 5. The molecule has 0 aliphatic heterocycles. The minimum atomic E-state index is -10.1. The van der Waals surface area contributed by atoms with Crippen molar-refractivity contribution in [2.45, 2.75) is 11.8 Å². The van der Waals surface area contributed by atoms with Crippen molar-refractivity contribution in [2.75, 3.05) is 0 Å². The van der Waals surface area contributed by atoms with Crippen LogP contribution in [0.15, 0.2) is 65.8 Å². The smallest absolute Gasteiger partial charge is 0.231 e. The standard InChI is InChI=1S/C22H16F5N2S2/c1-13-15-8-5-6-10-18(15)30-21(13)20-17-11-14-7-3-4-9-16(14)22(31(23,24,25,26)27)19(17)28-12-29(20)2/h3-12H,1-2H3/q+1. The van der Waals surface area contributed by atoms with Crippen LogP contribution in [0.2, 0.25) is 0 Å². The first-order valence-corrected chi connectivity index (χ1v) is 12.0. The van der Waals surface area contributed by atoms with Crippen molar-refractivity contribution < 1.29 is 24.0 Å². The molecule has 3 aromatic carbocycles. The van der Waals surface area contributed by atoms with Gasteiger partial charge in [-0.05, 0) is 40.4 Å². The third-order valence-corrected chi connectivity index (χ3v) is 7.85. The van der Waals surface area contributed by atoms with Crippen LogP contribution in [0.1, 0.15) is 5.56 Å². The van der Waals surface area contributed by atoms with Gasteiger partial charge in [-0.25, -0.2) is 4.57 Å². The van der Waals surface area contributed by atoms with Gasteiger partial charge in [0.1, 0.15) is 0 Å². The maximum absolute atomic E-state index is 14.2. The van der Waals surface area contributed by atoms with Gasteiger partial charge in [-0.2, -0.15) is 0 Å². The second kappa shape index (κ2) is 5.72. The SMILES string of the molecule is Cc1c(-c2c3cc4ccccc4c(S(F)(F)(F)(F)F)c3nc[n+]2C)sc2ccccc12. The zero-order chi connectivity index (χ0) is 22.2. The van der Waals surface area contributed by atoms with E-state index in [4.69, 9.17) is 0 Å². The summed E-state index contributed by atoms with van der Waals surface area (Å²) in [4.78, 5) is 2.65. The van der Waals surface area contributed by atoms with E-state index in [-0.39, 0.29) is 10.8 Å². The molecule has 0 bridgehead atoms. The van der Waals surface area contributed by atoms with E-state index in [1.165, 1.54) is 41.9 Å².